The zero-order valence-corrected chi connectivity index (χ0v) is 10.8. The molecule has 0 bridgehead atoms. The van der Waals surface area contributed by atoms with Gasteiger partial charge >= 0.3 is 0 Å². The van der Waals surface area contributed by atoms with Gasteiger partial charge in [0.05, 0.1) is 15.9 Å². The van der Waals surface area contributed by atoms with Gasteiger partial charge in [0, 0.05) is 12.9 Å². The van der Waals surface area contributed by atoms with Gasteiger partial charge in [-0.3, -0.25) is 4.68 Å². The van der Waals surface area contributed by atoms with E-state index in [4.69, 9.17) is 11.6 Å². The first-order valence-corrected chi connectivity index (χ1v) is 6.15. The van der Waals surface area contributed by atoms with E-state index in [1.165, 1.54) is 18.5 Å². The number of nitrogens with zero attached hydrogens (tertiary/aromatic N) is 2. The lowest BCUT2D eigenvalue weighted by atomic mass is 10.0. The van der Waals surface area contributed by atoms with Crippen LogP contribution in [-0.2, 0) is 13.5 Å². The summed E-state index contributed by atoms with van der Waals surface area (Å²) in [6.07, 6.45) is 3.56. The summed E-state index contributed by atoms with van der Waals surface area (Å²) in [6.45, 7) is 2.02. The molecule has 1 aromatic rings. The minimum atomic E-state index is 0.365. The maximum absolute atomic E-state index is 5.97. The molecule has 0 aliphatic heterocycles. The molecule has 0 N–H and O–H groups in total. The third-order valence-electron chi connectivity index (χ3n) is 3.04. The van der Waals surface area contributed by atoms with E-state index in [-0.39, 0.29) is 0 Å². The van der Waals surface area contributed by atoms with E-state index in [0.29, 0.717) is 5.41 Å². The lowest BCUT2D eigenvalue weighted by Crippen LogP contribution is -2.10. The minimum absolute atomic E-state index is 0.365. The van der Waals surface area contributed by atoms with Gasteiger partial charge < -0.3 is 0 Å². The van der Waals surface area contributed by atoms with Crippen LogP contribution in [0, 0.1) is 12.3 Å². The zero-order valence-electron chi connectivity index (χ0n) is 8.48. The van der Waals surface area contributed by atoms with Crippen molar-refractivity contribution in [3.8, 4) is 0 Å². The number of halogens is 2. The molecule has 4 heteroatoms. The molecular weight excluding hydrogens is 263 g/mol. The highest BCUT2D eigenvalue weighted by atomic mass is 79.9. The first kappa shape index (κ1) is 10.5. The SMILES string of the molecule is Cc1nn(C)c(CC2(CCl)CC2)c1Br. The Balaban J connectivity index is 2.24. The Morgan fingerprint density at radius 2 is 2.21 bits per heavy atom. The van der Waals surface area contributed by atoms with E-state index in [1.807, 2.05) is 18.7 Å². The normalized spacial score (nSPS) is 18.6. The monoisotopic (exact) mass is 276 g/mol. The van der Waals surface area contributed by atoms with Crippen molar-refractivity contribution in [3.05, 3.63) is 15.9 Å². The first-order chi connectivity index (χ1) is 6.58. The third-order valence-corrected chi connectivity index (χ3v) is 4.64. The Morgan fingerprint density at radius 3 is 2.57 bits per heavy atom. The van der Waals surface area contributed by atoms with Crippen LogP contribution in [0.25, 0.3) is 0 Å². The number of aryl methyl sites for hydroxylation is 2. The fourth-order valence-corrected chi connectivity index (χ4v) is 2.60. The molecule has 78 valence electrons. The Morgan fingerprint density at radius 1 is 1.57 bits per heavy atom. The molecule has 0 unspecified atom stereocenters. The van der Waals surface area contributed by atoms with Gasteiger partial charge in [-0.1, -0.05) is 0 Å². The summed E-state index contributed by atoms with van der Waals surface area (Å²) in [7, 11) is 2.00. The van der Waals surface area contributed by atoms with Crippen LogP contribution in [0.5, 0.6) is 0 Å². The van der Waals surface area contributed by atoms with Crippen LogP contribution >= 0.6 is 27.5 Å². The van der Waals surface area contributed by atoms with Gasteiger partial charge in [0.15, 0.2) is 0 Å². The van der Waals surface area contributed by atoms with Gasteiger partial charge in [0.25, 0.3) is 0 Å². The second-order valence-electron chi connectivity index (χ2n) is 4.28. The number of aromatic nitrogens is 2. The topological polar surface area (TPSA) is 17.8 Å². The number of rotatable bonds is 3. The van der Waals surface area contributed by atoms with Crippen molar-refractivity contribution in [3.63, 3.8) is 0 Å². The van der Waals surface area contributed by atoms with Crippen molar-refractivity contribution in [1.82, 2.24) is 9.78 Å². The summed E-state index contributed by atoms with van der Waals surface area (Å²) in [5.74, 6) is 0.768. The predicted molar refractivity (Wildman–Crippen MR) is 61.7 cm³/mol. The molecule has 0 amide bonds. The van der Waals surface area contributed by atoms with E-state index in [9.17, 15) is 0 Å². The number of hydrogen-bond donors (Lipinski definition) is 0. The van der Waals surface area contributed by atoms with Crippen LogP contribution in [0.15, 0.2) is 4.47 Å². The van der Waals surface area contributed by atoms with Crippen LogP contribution in [0.2, 0.25) is 0 Å². The molecule has 0 spiro atoms. The van der Waals surface area contributed by atoms with Gasteiger partial charge in [-0.2, -0.15) is 5.10 Å². The quantitative estimate of drug-likeness (QED) is 0.777. The van der Waals surface area contributed by atoms with E-state index in [1.54, 1.807) is 0 Å². The Bertz CT molecular complexity index is 355. The van der Waals surface area contributed by atoms with Crippen LogP contribution in [0.1, 0.15) is 24.2 Å². The Hall–Kier alpha value is -0.0200. The molecule has 1 fully saturated rings. The molecule has 2 nitrogen and oxygen atoms in total. The smallest absolute Gasteiger partial charge is 0.0738 e. The van der Waals surface area contributed by atoms with Gasteiger partial charge in [-0.15, -0.1) is 11.6 Å². The first-order valence-electron chi connectivity index (χ1n) is 4.82. The maximum Gasteiger partial charge on any atom is 0.0738 e. The molecule has 1 aromatic heterocycles. The maximum atomic E-state index is 5.97. The molecule has 14 heavy (non-hydrogen) atoms. The fraction of sp³-hybridized carbons (Fsp3) is 0.700. The highest BCUT2D eigenvalue weighted by molar-refractivity contribution is 9.10. The van der Waals surface area contributed by atoms with Crippen molar-refractivity contribution < 1.29 is 0 Å². The van der Waals surface area contributed by atoms with E-state index in [0.717, 1.165) is 22.5 Å². The van der Waals surface area contributed by atoms with Crippen molar-refractivity contribution in [1.29, 1.82) is 0 Å². The summed E-state index contributed by atoms with van der Waals surface area (Å²) < 4.78 is 3.11. The van der Waals surface area contributed by atoms with Crippen LogP contribution in [0.4, 0.5) is 0 Å². The fourth-order valence-electron chi connectivity index (χ4n) is 1.76. The molecule has 1 aliphatic rings. The summed E-state index contributed by atoms with van der Waals surface area (Å²) in [6, 6.07) is 0. The molecule has 0 saturated heterocycles. The van der Waals surface area contributed by atoms with Crippen LogP contribution < -0.4 is 0 Å². The van der Waals surface area contributed by atoms with E-state index < -0.39 is 0 Å². The standard InChI is InChI=1S/C10H14BrClN2/c1-7-9(11)8(14(2)13-7)5-10(6-12)3-4-10/h3-6H2,1-2H3. The summed E-state index contributed by atoms with van der Waals surface area (Å²) in [4.78, 5) is 0. The highest BCUT2D eigenvalue weighted by Gasteiger charge is 2.42. The van der Waals surface area contributed by atoms with E-state index in [2.05, 4.69) is 21.0 Å². The lowest BCUT2D eigenvalue weighted by molar-refractivity contribution is 0.541. The molecule has 1 aliphatic carbocycles. The molecule has 2 rings (SSSR count). The predicted octanol–water partition coefficient (Wildman–Crippen LogP) is 3.05. The second-order valence-corrected chi connectivity index (χ2v) is 5.34. The number of alkyl halides is 1. The number of hydrogen-bond acceptors (Lipinski definition) is 1. The Labute approximate surface area is 97.8 Å². The Kier molecular flexibility index (Phi) is 2.64. The lowest BCUT2D eigenvalue weighted by Gasteiger charge is -2.11. The average molecular weight is 278 g/mol. The summed E-state index contributed by atoms with van der Waals surface area (Å²) >= 11 is 9.56. The van der Waals surface area contributed by atoms with E-state index >= 15 is 0 Å². The molecule has 0 radical (unpaired) electrons. The average Bonchev–Trinajstić information content (AvgIpc) is 2.88. The third kappa shape index (κ3) is 1.72. The molecular formula is C10H14BrClN2. The molecule has 0 aromatic carbocycles. The zero-order chi connectivity index (χ0) is 10.3. The van der Waals surface area contributed by atoms with Gasteiger partial charge in [0.2, 0.25) is 0 Å². The summed E-state index contributed by atoms with van der Waals surface area (Å²) in [5.41, 5.74) is 2.71. The molecule has 0 atom stereocenters. The minimum Gasteiger partial charge on any atom is -0.271 e. The van der Waals surface area contributed by atoms with Crippen molar-refractivity contribution in [2.24, 2.45) is 12.5 Å². The van der Waals surface area contributed by atoms with Gasteiger partial charge in [0.1, 0.15) is 0 Å². The second kappa shape index (κ2) is 3.53. The van der Waals surface area contributed by atoms with Crippen molar-refractivity contribution in [2.75, 3.05) is 5.88 Å². The van der Waals surface area contributed by atoms with Crippen LogP contribution in [-0.4, -0.2) is 15.7 Å². The van der Waals surface area contributed by atoms with Gasteiger partial charge in [-0.25, -0.2) is 0 Å². The molecule has 1 heterocycles. The largest absolute Gasteiger partial charge is 0.271 e. The molecule has 1 saturated carbocycles. The summed E-state index contributed by atoms with van der Waals surface area (Å²) in [5, 5.41) is 4.38. The highest BCUT2D eigenvalue weighted by Crippen LogP contribution is 2.50. The van der Waals surface area contributed by atoms with Crippen molar-refractivity contribution >= 4 is 27.5 Å². The van der Waals surface area contributed by atoms with Gasteiger partial charge in [-0.05, 0) is 47.5 Å². The van der Waals surface area contributed by atoms with Crippen LogP contribution in [0.3, 0.4) is 0 Å². The van der Waals surface area contributed by atoms with Crippen molar-refractivity contribution in [2.45, 2.75) is 26.2 Å².